The lowest BCUT2D eigenvalue weighted by molar-refractivity contribution is -0.0437. The van der Waals surface area contributed by atoms with Gasteiger partial charge in [0.1, 0.15) is 6.10 Å². The van der Waals surface area contributed by atoms with E-state index in [0.717, 1.165) is 26.1 Å². The lowest BCUT2D eigenvalue weighted by Gasteiger charge is -2.15. The molecule has 3 heteroatoms. The molecule has 0 amide bonds. The Bertz CT molecular complexity index is 423. The Morgan fingerprint density at radius 1 is 0.486 bits per heavy atom. The Labute approximate surface area is 233 Å². The van der Waals surface area contributed by atoms with E-state index in [1.165, 1.54) is 148 Å². The number of ether oxygens (including phenoxy) is 2. The van der Waals surface area contributed by atoms with Gasteiger partial charge >= 0.3 is 0 Å². The van der Waals surface area contributed by atoms with Crippen molar-refractivity contribution in [3.05, 3.63) is 12.2 Å². The standard InChI is InChI=1S/C34H68O3/c1-3-5-7-9-11-13-15-17-19-20-22-24-26-28-30-36-33-34(32-35)37-31-29-27-25-23-21-18-16-14-12-10-8-6-4-2/h12,14,34-35H,3-11,13,15-33H2,1-2H3. The lowest BCUT2D eigenvalue weighted by Crippen LogP contribution is -2.24. The van der Waals surface area contributed by atoms with Crippen LogP contribution in [0.4, 0.5) is 0 Å². The van der Waals surface area contributed by atoms with Crippen LogP contribution >= 0.6 is 0 Å². The maximum absolute atomic E-state index is 9.54. The van der Waals surface area contributed by atoms with Crippen molar-refractivity contribution in [1.82, 2.24) is 0 Å². The third kappa shape index (κ3) is 31.7. The average molecular weight is 525 g/mol. The molecule has 0 bridgehead atoms. The van der Waals surface area contributed by atoms with Crippen molar-refractivity contribution < 1.29 is 14.6 Å². The van der Waals surface area contributed by atoms with Gasteiger partial charge in [0.25, 0.3) is 0 Å². The molecule has 0 heterocycles. The Morgan fingerprint density at radius 3 is 1.35 bits per heavy atom. The highest BCUT2D eigenvalue weighted by molar-refractivity contribution is 4.81. The van der Waals surface area contributed by atoms with Gasteiger partial charge in [0.05, 0.1) is 13.2 Å². The van der Waals surface area contributed by atoms with Gasteiger partial charge in [0, 0.05) is 13.2 Å². The third-order valence-electron chi connectivity index (χ3n) is 7.41. The number of rotatable bonds is 32. The van der Waals surface area contributed by atoms with Crippen LogP contribution in [0, 0.1) is 0 Å². The summed E-state index contributed by atoms with van der Waals surface area (Å²) in [5.41, 5.74) is 0. The maximum atomic E-state index is 9.54. The number of aliphatic hydroxyl groups is 1. The topological polar surface area (TPSA) is 38.7 Å². The molecule has 0 aromatic heterocycles. The Hall–Kier alpha value is -0.380. The van der Waals surface area contributed by atoms with Crippen LogP contribution in [0.25, 0.3) is 0 Å². The molecule has 0 radical (unpaired) electrons. The first-order valence-electron chi connectivity index (χ1n) is 16.8. The minimum absolute atomic E-state index is 0.0602. The smallest absolute Gasteiger partial charge is 0.104 e. The van der Waals surface area contributed by atoms with Crippen LogP contribution in [0.1, 0.15) is 174 Å². The summed E-state index contributed by atoms with van der Waals surface area (Å²) in [5.74, 6) is 0. The molecule has 0 aromatic carbocycles. The van der Waals surface area contributed by atoms with E-state index in [-0.39, 0.29) is 12.7 Å². The molecule has 0 saturated carbocycles. The molecule has 37 heavy (non-hydrogen) atoms. The van der Waals surface area contributed by atoms with Gasteiger partial charge in [-0.2, -0.15) is 0 Å². The van der Waals surface area contributed by atoms with Crippen LogP contribution < -0.4 is 0 Å². The molecule has 1 atom stereocenters. The van der Waals surface area contributed by atoms with Crippen molar-refractivity contribution >= 4 is 0 Å². The molecule has 0 aliphatic carbocycles. The van der Waals surface area contributed by atoms with E-state index in [1.807, 2.05) is 0 Å². The first kappa shape index (κ1) is 36.6. The van der Waals surface area contributed by atoms with E-state index < -0.39 is 0 Å². The van der Waals surface area contributed by atoms with E-state index >= 15 is 0 Å². The predicted octanol–water partition coefficient (Wildman–Crippen LogP) is 10.7. The molecule has 1 unspecified atom stereocenters. The summed E-state index contributed by atoms with van der Waals surface area (Å²) in [6, 6.07) is 0. The SMILES string of the molecule is CCCCCC=CCCCCCCCCOC(CO)COCCCCCCCCCCCCCCCC. The summed E-state index contributed by atoms with van der Waals surface area (Å²) in [6.45, 7) is 6.68. The van der Waals surface area contributed by atoms with Gasteiger partial charge in [-0.25, -0.2) is 0 Å². The summed E-state index contributed by atoms with van der Waals surface area (Å²) < 4.78 is 11.6. The summed E-state index contributed by atoms with van der Waals surface area (Å²) >= 11 is 0. The van der Waals surface area contributed by atoms with Crippen LogP contribution in [0.3, 0.4) is 0 Å². The van der Waals surface area contributed by atoms with Gasteiger partial charge in [-0.1, -0.05) is 148 Å². The van der Waals surface area contributed by atoms with Crippen molar-refractivity contribution in [3.8, 4) is 0 Å². The van der Waals surface area contributed by atoms with Gasteiger partial charge in [-0.3, -0.25) is 0 Å². The van der Waals surface area contributed by atoms with Crippen LogP contribution in [-0.4, -0.2) is 37.6 Å². The summed E-state index contributed by atoms with van der Waals surface area (Å²) in [5, 5.41) is 9.54. The third-order valence-corrected chi connectivity index (χ3v) is 7.41. The highest BCUT2D eigenvalue weighted by atomic mass is 16.5. The van der Waals surface area contributed by atoms with Crippen molar-refractivity contribution in [1.29, 1.82) is 0 Å². The molecule has 1 N–H and O–H groups in total. The highest BCUT2D eigenvalue weighted by Crippen LogP contribution is 2.13. The van der Waals surface area contributed by atoms with Crippen molar-refractivity contribution in [3.63, 3.8) is 0 Å². The van der Waals surface area contributed by atoms with E-state index in [9.17, 15) is 5.11 Å². The van der Waals surface area contributed by atoms with E-state index in [2.05, 4.69) is 26.0 Å². The first-order valence-corrected chi connectivity index (χ1v) is 16.8. The highest BCUT2D eigenvalue weighted by Gasteiger charge is 2.07. The molecule has 0 spiro atoms. The summed E-state index contributed by atoms with van der Waals surface area (Å²) in [6.07, 6.45) is 38.0. The molecule has 0 aliphatic rings. The average Bonchev–Trinajstić information content (AvgIpc) is 2.91. The lowest BCUT2D eigenvalue weighted by atomic mass is 10.0. The number of hydrogen-bond donors (Lipinski definition) is 1. The second-order valence-corrected chi connectivity index (χ2v) is 11.2. The molecule has 0 fully saturated rings. The molecule has 0 rings (SSSR count). The Kier molecular flexibility index (Phi) is 33.3. The fraction of sp³-hybridized carbons (Fsp3) is 0.941. The van der Waals surface area contributed by atoms with Gasteiger partial charge in [-0.15, -0.1) is 0 Å². The van der Waals surface area contributed by atoms with Crippen LogP contribution in [0.2, 0.25) is 0 Å². The molecule has 0 aliphatic heterocycles. The molecular weight excluding hydrogens is 456 g/mol. The van der Waals surface area contributed by atoms with Crippen molar-refractivity contribution in [2.45, 2.75) is 180 Å². The fourth-order valence-corrected chi connectivity index (χ4v) is 4.84. The second kappa shape index (κ2) is 33.6. The van der Waals surface area contributed by atoms with E-state index in [4.69, 9.17) is 9.47 Å². The van der Waals surface area contributed by atoms with Gasteiger partial charge in [0.2, 0.25) is 0 Å². The van der Waals surface area contributed by atoms with Crippen LogP contribution in [-0.2, 0) is 9.47 Å². The largest absolute Gasteiger partial charge is 0.394 e. The number of allylic oxidation sites excluding steroid dienone is 2. The maximum Gasteiger partial charge on any atom is 0.104 e. The summed E-state index contributed by atoms with van der Waals surface area (Å²) in [4.78, 5) is 0. The normalized spacial score (nSPS) is 12.6. The monoisotopic (exact) mass is 525 g/mol. The minimum atomic E-state index is -0.157. The zero-order chi connectivity index (χ0) is 26.9. The molecule has 222 valence electrons. The van der Waals surface area contributed by atoms with E-state index in [0.29, 0.717) is 6.61 Å². The van der Waals surface area contributed by atoms with Gasteiger partial charge in [-0.05, 0) is 38.5 Å². The quantitative estimate of drug-likeness (QED) is 0.0702. The zero-order valence-corrected chi connectivity index (χ0v) is 25.5. The minimum Gasteiger partial charge on any atom is -0.394 e. The second-order valence-electron chi connectivity index (χ2n) is 11.2. The van der Waals surface area contributed by atoms with Crippen molar-refractivity contribution in [2.75, 3.05) is 26.4 Å². The number of aliphatic hydroxyl groups excluding tert-OH is 1. The van der Waals surface area contributed by atoms with Gasteiger partial charge in [0.15, 0.2) is 0 Å². The fourth-order valence-electron chi connectivity index (χ4n) is 4.84. The van der Waals surface area contributed by atoms with Crippen LogP contribution in [0.5, 0.6) is 0 Å². The molecule has 0 aromatic rings. The van der Waals surface area contributed by atoms with Crippen molar-refractivity contribution in [2.24, 2.45) is 0 Å². The van der Waals surface area contributed by atoms with Gasteiger partial charge < -0.3 is 14.6 Å². The number of unbranched alkanes of at least 4 members (excludes halogenated alkanes) is 22. The Morgan fingerprint density at radius 2 is 0.865 bits per heavy atom. The first-order chi connectivity index (χ1) is 18.3. The number of hydrogen-bond acceptors (Lipinski definition) is 3. The molecule has 0 saturated heterocycles. The zero-order valence-electron chi connectivity index (χ0n) is 25.5. The Balaban J connectivity index is 3.28. The predicted molar refractivity (Wildman–Crippen MR) is 164 cm³/mol. The summed E-state index contributed by atoms with van der Waals surface area (Å²) in [7, 11) is 0. The molecular formula is C34H68O3. The van der Waals surface area contributed by atoms with E-state index in [1.54, 1.807) is 0 Å². The molecule has 3 nitrogen and oxygen atoms in total. The van der Waals surface area contributed by atoms with Crippen LogP contribution in [0.15, 0.2) is 12.2 Å².